The summed E-state index contributed by atoms with van der Waals surface area (Å²) in [4.78, 5) is 11.1. The number of thiophene rings is 1. The van der Waals surface area contributed by atoms with Gasteiger partial charge in [-0.3, -0.25) is 4.79 Å². The van der Waals surface area contributed by atoms with E-state index in [0.717, 1.165) is 5.56 Å². The molecule has 0 aliphatic carbocycles. The molecule has 1 aromatic rings. The van der Waals surface area contributed by atoms with Crippen LogP contribution in [0.25, 0.3) is 0 Å². The number of rotatable bonds is 4. The lowest BCUT2D eigenvalue weighted by Gasteiger charge is -2.00. The molecule has 0 fully saturated rings. The topological polar surface area (TPSA) is 49.3 Å². The Hall–Kier alpha value is -0.870. The second kappa shape index (κ2) is 4.90. The standard InChI is InChI=1S/C8H11NO2S/c10-3-2-9-8(11)5-7-1-4-12-6-7/h1,4,6,10H,2-3,5H2,(H,9,11). The maximum atomic E-state index is 11.1. The van der Waals surface area contributed by atoms with Gasteiger partial charge in [0.05, 0.1) is 13.0 Å². The maximum Gasteiger partial charge on any atom is 0.224 e. The molecule has 0 radical (unpaired) electrons. The van der Waals surface area contributed by atoms with Crippen molar-refractivity contribution in [2.24, 2.45) is 0 Å². The van der Waals surface area contributed by atoms with Gasteiger partial charge >= 0.3 is 0 Å². The predicted octanol–water partition coefficient (Wildman–Crippen LogP) is 0.399. The number of aliphatic hydroxyl groups is 1. The lowest BCUT2D eigenvalue weighted by atomic mass is 10.2. The molecule has 0 bridgehead atoms. The van der Waals surface area contributed by atoms with Gasteiger partial charge in [0.1, 0.15) is 0 Å². The highest BCUT2D eigenvalue weighted by Gasteiger charge is 2.01. The fourth-order valence-corrected chi connectivity index (χ4v) is 1.51. The predicted molar refractivity (Wildman–Crippen MR) is 48.1 cm³/mol. The molecule has 12 heavy (non-hydrogen) atoms. The summed E-state index contributed by atoms with van der Waals surface area (Å²) in [6, 6.07) is 1.92. The van der Waals surface area contributed by atoms with E-state index in [1.165, 1.54) is 0 Å². The Bertz CT molecular complexity index is 233. The number of hydrogen-bond donors (Lipinski definition) is 2. The molecule has 1 aromatic heterocycles. The van der Waals surface area contributed by atoms with Gasteiger partial charge in [-0.05, 0) is 22.4 Å². The molecule has 1 rings (SSSR count). The molecule has 66 valence electrons. The molecule has 0 saturated heterocycles. The first-order valence-corrected chi connectivity index (χ1v) is 4.66. The molecular formula is C8H11NO2S. The summed E-state index contributed by atoms with van der Waals surface area (Å²) in [5.74, 6) is -0.0394. The van der Waals surface area contributed by atoms with Crippen LogP contribution in [0.15, 0.2) is 16.8 Å². The van der Waals surface area contributed by atoms with Crippen molar-refractivity contribution in [1.29, 1.82) is 0 Å². The first-order chi connectivity index (χ1) is 5.83. The van der Waals surface area contributed by atoms with Crippen LogP contribution in [-0.4, -0.2) is 24.2 Å². The molecule has 4 heteroatoms. The van der Waals surface area contributed by atoms with Crippen molar-refractivity contribution >= 4 is 17.2 Å². The molecule has 0 aliphatic heterocycles. The van der Waals surface area contributed by atoms with Gasteiger partial charge in [-0.1, -0.05) is 0 Å². The molecule has 0 aromatic carbocycles. The van der Waals surface area contributed by atoms with Gasteiger partial charge in [0.15, 0.2) is 0 Å². The van der Waals surface area contributed by atoms with E-state index in [1.54, 1.807) is 11.3 Å². The van der Waals surface area contributed by atoms with E-state index in [4.69, 9.17) is 5.11 Å². The summed E-state index contributed by atoms with van der Waals surface area (Å²) in [7, 11) is 0. The van der Waals surface area contributed by atoms with Crippen LogP contribution in [0.5, 0.6) is 0 Å². The molecule has 1 amide bonds. The average molecular weight is 185 g/mol. The molecule has 1 heterocycles. The Morgan fingerprint density at radius 2 is 2.50 bits per heavy atom. The van der Waals surface area contributed by atoms with Crippen molar-refractivity contribution in [2.75, 3.05) is 13.2 Å². The monoisotopic (exact) mass is 185 g/mol. The van der Waals surface area contributed by atoms with Crippen LogP contribution in [0.3, 0.4) is 0 Å². The maximum absolute atomic E-state index is 11.1. The van der Waals surface area contributed by atoms with Crippen LogP contribution in [-0.2, 0) is 11.2 Å². The van der Waals surface area contributed by atoms with Crippen LogP contribution in [0.4, 0.5) is 0 Å². The minimum absolute atomic E-state index is 0.00459. The smallest absolute Gasteiger partial charge is 0.224 e. The molecular weight excluding hydrogens is 174 g/mol. The number of aliphatic hydroxyl groups excluding tert-OH is 1. The van der Waals surface area contributed by atoms with Crippen molar-refractivity contribution in [3.05, 3.63) is 22.4 Å². The summed E-state index contributed by atoms with van der Waals surface area (Å²) in [5.41, 5.74) is 1.02. The molecule has 0 aliphatic rings. The lowest BCUT2D eigenvalue weighted by molar-refractivity contribution is -0.120. The van der Waals surface area contributed by atoms with Gasteiger partial charge in [0, 0.05) is 6.54 Å². The van der Waals surface area contributed by atoms with Crippen LogP contribution in [0.1, 0.15) is 5.56 Å². The molecule has 0 unspecified atom stereocenters. The van der Waals surface area contributed by atoms with E-state index in [9.17, 15) is 4.79 Å². The van der Waals surface area contributed by atoms with E-state index >= 15 is 0 Å². The fourth-order valence-electron chi connectivity index (χ4n) is 0.836. The van der Waals surface area contributed by atoms with E-state index in [1.807, 2.05) is 16.8 Å². The largest absolute Gasteiger partial charge is 0.395 e. The Morgan fingerprint density at radius 1 is 1.67 bits per heavy atom. The summed E-state index contributed by atoms with van der Waals surface area (Å²) in [6.07, 6.45) is 0.406. The number of carbonyl (C=O) groups excluding carboxylic acids is 1. The lowest BCUT2D eigenvalue weighted by Crippen LogP contribution is -2.27. The van der Waals surface area contributed by atoms with E-state index in [-0.39, 0.29) is 12.5 Å². The van der Waals surface area contributed by atoms with Crippen molar-refractivity contribution in [3.63, 3.8) is 0 Å². The van der Waals surface area contributed by atoms with Crippen molar-refractivity contribution in [2.45, 2.75) is 6.42 Å². The Kier molecular flexibility index (Phi) is 3.76. The first kappa shape index (κ1) is 9.22. The molecule has 2 N–H and O–H groups in total. The van der Waals surface area contributed by atoms with Crippen molar-refractivity contribution in [1.82, 2.24) is 5.32 Å². The minimum Gasteiger partial charge on any atom is -0.395 e. The normalized spacial score (nSPS) is 9.75. The van der Waals surface area contributed by atoms with Crippen LogP contribution < -0.4 is 5.32 Å². The average Bonchev–Trinajstić information content (AvgIpc) is 2.53. The molecule has 0 saturated carbocycles. The zero-order chi connectivity index (χ0) is 8.81. The zero-order valence-electron chi connectivity index (χ0n) is 6.62. The highest BCUT2D eigenvalue weighted by molar-refractivity contribution is 7.07. The third kappa shape index (κ3) is 3.02. The third-order valence-electron chi connectivity index (χ3n) is 1.38. The SMILES string of the molecule is O=C(Cc1ccsc1)NCCO. The van der Waals surface area contributed by atoms with Gasteiger partial charge in [-0.25, -0.2) is 0 Å². The first-order valence-electron chi connectivity index (χ1n) is 3.71. The third-order valence-corrected chi connectivity index (χ3v) is 2.11. The molecule has 0 atom stereocenters. The van der Waals surface area contributed by atoms with E-state index in [0.29, 0.717) is 13.0 Å². The van der Waals surface area contributed by atoms with Crippen LogP contribution in [0, 0.1) is 0 Å². The quantitative estimate of drug-likeness (QED) is 0.713. The van der Waals surface area contributed by atoms with Crippen LogP contribution in [0.2, 0.25) is 0 Å². The highest BCUT2D eigenvalue weighted by atomic mass is 32.1. The van der Waals surface area contributed by atoms with Crippen molar-refractivity contribution in [3.8, 4) is 0 Å². The number of hydrogen-bond acceptors (Lipinski definition) is 3. The second-order valence-electron chi connectivity index (χ2n) is 2.38. The zero-order valence-corrected chi connectivity index (χ0v) is 7.43. The Balaban J connectivity index is 2.27. The second-order valence-corrected chi connectivity index (χ2v) is 3.16. The fraction of sp³-hybridized carbons (Fsp3) is 0.375. The Labute approximate surface area is 75.0 Å². The van der Waals surface area contributed by atoms with Gasteiger partial charge in [-0.2, -0.15) is 11.3 Å². The van der Waals surface area contributed by atoms with Gasteiger partial charge in [-0.15, -0.1) is 0 Å². The van der Waals surface area contributed by atoms with E-state index < -0.39 is 0 Å². The summed E-state index contributed by atoms with van der Waals surface area (Å²) >= 11 is 1.58. The minimum atomic E-state index is -0.0394. The van der Waals surface area contributed by atoms with Gasteiger partial charge in [0.2, 0.25) is 5.91 Å². The van der Waals surface area contributed by atoms with Crippen molar-refractivity contribution < 1.29 is 9.90 Å². The summed E-state index contributed by atoms with van der Waals surface area (Å²) in [6.45, 7) is 0.332. The summed E-state index contributed by atoms with van der Waals surface area (Å²) < 4.78 is 0. The number of amides is 1. The number of carbonyl (C=O) groups is 1. The molecule has 0 spiro atoms. The van der Waals surface area contributed by atoms with Crippen LogP contribution >= 0.6 is 11.3 Å². The molecule has 3 nitrogen and oxygen atoms in total. The summed E-state index contributed by atoms with van der Waals surface area (Å²) in [5, 5.41) is 14.9. The Morgan fingerprint density at radius 3 is 3.08 bits per heavy atom. The highest BCUT2D eigenvalue weighted by Crippen LogP contribution is 2.05. The van der Waals surface area contributed by atoms with Gasteiger partial charge in [0.25, 0.3) is 0 Å². The van der Waals surface area contributed by atoms with E-state index in [2.05, 4.69) is 5.32 Å². The van der Waals surface area contributed by atoms with Gasteiger partial charge < -0.3 is 10.4 Å². The number of nitrogens with one attached hydrogen (secondary N) is 1.